The number of aryl methyl sites for hydroxylation is 1. The van der Waals surface area contributed by atoms with Gasteiger partial charge in [0.25, 0.3) is 11.8 Å². The molecule has 0 heterocycles. The van der Waals surface area contributed by atoms with Crippen molar-refractivity contribution < 1.29 is 23.5 Å². The van der Waals surface area contributed by atoms with Crippen molar-refractivity contribution in [1.82, 2.24) is 10.2 Å². The predicted molar refractivity (Wildman–Crippen MR) is 155 cm³/mol. The van der Waals surface area contributed by atoms with Crippen molar-refractivity contribution in [3.63, 3.8) is 0 Å². The number of para-hydroxylation sites is 1. The van der Waals surface area contributed by atoms with Crippen molar-refractivity contribution in [1.29, 1.82) is 0 Å². The number of carbonyl (C=O) groups is 2. The molecule has 0 saturated carbocycles. The molecule has 3 rings (SSSR count). The number of nitrogens with zero attached hydrogens (tertiary/aromatic N) is 1. The maximum atomic E-state index is 13.9. The molecule has 0 radical (unpaired) electrons. The van der Waals surface area contributed by atoms with Gasteiger partial charge in [-0.05, 0) is 86.2 Å². The van der Waals surface area contributed by atoms with Crippen LogP contribution in [0.5, 0.6) is 0 Å². The third-order valence-electron chi connectivity index (χ3n) is 6.56. The summed E-state index contributed by atoms with van der Waals surface area (Å²) in [5, 5.41) is 17.1. The van der Waals surface area contributed by atoms with Crippen LogP contribution in [0.2, 0.25) is 0 Å². The summed E-state index contributed by atoms with van der Waals surface area (Å²) in [6.07, 6.45) is 0.930. The van der Waals surface area contributed by atoms with E-state index in [0.717, 1.165) is 30.2 Å². The summed E-state index contributed by atoms with van der Waals surface area (Å²) < 4.78 is 27.8. The van der Waals surface area contributed by atoms with Crippen molar-refractivity contribution in [3.05, 3.63) is 101 Å². The number of anilines is 1. The van der Waals surface area contributed by atoms with Crippen molar-refractivity contribution in [3.8, 4) is 0 Å². The van der Waals surface area contributed by atoms with Crippen molar-refractivity contribution in [2.24, 2.45) is 0 Å². The highest BCUT2D eigenvalue weighted by atomic mass is 19.1. The van der Waals surface area contributed by atoms with Crippen molar-refractivity contribution in [2.45, 2.75) is 58.6 Å². The molecular weight excluding hydrogens is 512 g/mol. The number of hydrogen-bond donors (Lipinski definition) is 3. The molecule has 2 amide bonds. The Hall–Kier alpha value is -3.78. The second-order valence-electron chi connectivity index (χ2n) is 10.1. The third-order valence-corrected chi connectivity index (χ3v) is 6.56. The predicted octanol–water partition coefficient (Wildman–Crippen LogP) is 5.74. The summed E-state index contributed by atoms with van der Waals surface area (Å²) >= 11 is 0. The number of benzene rings is 3. The van der Waals surface area contributed by atoms with Gasteiger partial charge in [-0.2, -0.15) is 0 Å². The molecule has 0 saturated heterocycles. The van der Waals surface area contributed by atoms with E-state index >= 15 is 0 Å². The summed E-state index contributed by atoms with van der Waals surface area (Å²) in [4.78, 5) is 28.4. The minimum atomic E-state index is -1.01. The third kappa shape index (κ3) is 9.16. The second kappa shape index (κ2) is 15.1. The number of aliphatic hydroxyl groups excluding tert-OH is 1. The Morgan fingerprint density at radius 1 is 0.900 bits per heavy atom. The van der Waals surface area contributed by atoms with Crippen LogP contribution >= 0.6 is 0 Å². The smallest absolute Gasteiger partial charge is 0.253 e. The monoisotopic (exact) mass is 551 g/mol. The second-order valence-corrected chi connectivity index (χ2v) is 10.1. The highest BCUT2D eigenvalue weighted by Gasteiger charge is 2.24. The Kier molecular flexibility index (Phi) is 11.6. The first kappa shape index (κ1) is 30.8. The largest absolute Gasteiger partial charge is 0.391 e. The van der Waals surface area contributed by atoms with Crippen molar-refractivity contribution >= 4 is 17.5 Å². The zero-order valence-electron chi connectivity index (χ0n) is 23.4. The van der Waals surface area contributed by atoms with Gasteiger partial charge in [0.2, 0.25) is 0 Å². The molecule has 3 aromatic carbocycles. The number of halogens is 2. The van der Waals surface area contributed by atoms with Crippen LogP contribution in [0.25, 0.3) is 0 Å². The van der Waals surface area contributed by atoms with E-state index in [1.54, 1.807) is 23.1 Å². The fraction of sp³-hybridized carbons (Fsp3) is 0.375. The molecule has 8 heteroatoms. The summed E-state index contributed by atoms with van der Waals surface area (Å²) in [6, 6.07) is 16.8. The van der Waals surface area contributed by atoms with Gasteiger partial charge < -0.3 is 20.6 Å². The van der Waals surface area contributed by atoms with Crippen LogP contribution in [0.3, 0.4) is 0 Å². The number of nitrogens with one attached hydrogen (secondary N) is 2. The molecule has 2 atom stereocenters. The molecule has 0 spiro atoms. The first-order chi connectivity index (χ1) is 19.2. The van der Waals surface area contributed by atoms with E-state index in [2.05, 4.69) is 10.6 Å². The summed E-state index contributed by atoms with van der Waals surface area (Å²) in [5.41, 5.74) is 2.65. The Labute approximate surface area is 235 Å². The zero-order valence-corrected chi connectivity index (χ0v) is 23.4. The number of amides is 2. The molecule has 0 aliphatic rings. The molecule has 3 N–H and O–H groups in total. The molecule has 6 nitrogen and oxygen atoms in total. The highest BCUT2D eigenvalue weighted by molar-refractivity contribution is 6.00. The minimum absolute atomic E-state index is 0.0192. The van der Waals surface area contributed by atoms with E-state index in [1.165, 1.54) is 12.1 Å². The van der Waals surface area contributed by atoms with Crippen LogP contribution in [0.4, 0.5) is 14.5 Å². The molecule has 0 unspecified atom stereocenters. The van der Waals surface area contributed by atoms with E-state index in [0.29, 0.717) is 30.8 Å². The van der Waals surface area contributed by atoms with E-state index in [1.807, 2.05) is 51.1 Å². The van der Waals surface area contributed by atoms with Gasteiger partial charge in [-0.25, -0.2) is 8.78 Å². The van der Waals surface area contributed by atoms with Gasteiger partial charge in [0.15, 0.2) is 0 Å². The topological polar surface area (TPSA) is 81.7 Å². The lowest BCUT2D eigenvalue weighted by Crippen LogP contribution is -2.45. The molecule has 0 aliphatic carbocycles. The van der Waals surface area contributed by atoms with Crippen LogP contribution in [-0.4, -0.2) is 53.6 Å². The maximum Gasteiger partial charge on any atom is 0.253 e. The lowest BCUT2D eigenvalue weighted by molar-refractivity contribution is 0.0755. The summed E-state index contributed by atoms with van der Waals surface area (Å²) in [5.74, 6) is -2.08. The number of carbonyl (C=O) groups excluding carboxylic acids is 2. The average Bonchev–Trinajstić information content (AvgIpc) is 2.91. The average molecular weight is 552 g/mol. The zero-order chi connectivity index (χ0) is 29.1. The van der Waals surface area contributed by atoms with Gasteiger partial charge in [-0.3, -0.25) is 9.59 Å². The Morgan fingerprint density at radius 2 is 1.52 bits per heavy atom. The van der Waals surface area contributed by atoms with E-state index < -0.39 is 29.7 Å². The molecule has 0 aromatic heterocycles. The first-order valence-electron chi connectivity index (χ1n) is 13.8. The van der Waals surface area contributed by atoms with Gasteiger partial charge in [-0.15, -0.1) is 0 Å². The number of hydrogen-bond acceptors (Lipinski definition) is 4. The lowest BCUT2D eigenvalue weighted by atomic mass is 9.97. The number of rotatable bonds is 14. The Bertz CT molecular complexity index is 1240. The van der Waals surface area contributed by atoms with Crippen LogP contribution < -0.4 is 10.6 Å². The standard InChI is InChI=1S/C32H39F2N3O3/c1-4-13-37(14-5-2)32(40)25-16-22(3)15-24(20-25)31(39)36-29(19-23-17-26(33)21-27(34)18-23)30(38)11-12-35-28-9-7-6-8-10-28/h6-10,15-18,20-21,29-30,35,38H,4-5,11-14,19H2,1-3H3,(H,36,39)/t29-,30-/m0/s1. The van der Waals surface area contributed by atoms with Gasteiger partial charge in [0, 0.05) is 42.5 Å². The summed E-state index contributed by atoms with van der Waals surface area (Å²) in [6.45, 7) is 7.50. The number of aliphatic hydroxyl groups is 1. The van der Waals surface area contributed by atoms with E-state index in [-0.39, 0.29) is 24.3 Å². The Balaban J connectivity index is 1.80. The molecule has 0 bridgehead atoms. The first-order valence-corrected chi connectivity index (χ1v) is 13.8. The fourth-order valence-electron chi connectivity index (χ4n) is 4.71. The van der Waals surface area contributed by atoms with Gasteiger partial charge in [-0.1, -0.05) is 32.0 Å². The van der Waals surface area contributed by atoms with Gasteiger partial charge >= 0.3 is 0 Å². The van der Waals surface area contributed by atoms with Crippen LogP contribution in [0, 0.1) is 18.6 Å². The molecule has 214 valence electrons. The fourth-order valence-corrected chi connectivity index (χ4v) is 4.71. The maximum absolute atomic E-state index is 13.9. The van der Waals surface area contributed by atoms with Gasteiger partial charge in [0.05, 0.1) is 12.1 Å². The normalized spacial score (nSPS) is 12.4. The Morgan fingerprint density at radius 3 is 2.15 bits per heavy atom. The van der Waals surface area contributed by atoms with Crippen LogP contribution in [0.1, 0.15) is 65.0 Å². The van der Waals surface area contributed by atoms with Crippen molar-refractivity contribution in [2.75, 3.05) is 25.0 Å². The minimum Gasteiger partial charge on any atom is -0.391 e. The lowest BCUT2D eigenvalue weighted by Gasteiger charge is -2.25. The SMILES string of the molecule is CCCN(CCC)C(=O)c1cc(C)cc(C(=O)N[C@@H](Cc2cc(F)cc(F)c2)[C@@H](O)CCNc2ccccc2)c1. The van der Waals surface area contributed by atoms with E-state index in [4.69, 9.17) is 0 Å². The molecule has 0 fully saturated rings. The molecule has 40 heavy (non-hydrogen) atoms. The molecule has 3 aromatic rings. The molecule has 0 aliphatic heterocycles. The summed E-state index contributed by atoms with van der Waals surface area (Å²) in [7, 11) is 0. The highest BCUT2D eigenvalue weighted by Crippen LogP contribution is 2.17. The quantitative estimate of drug-likeness (QED) is 0.239. The van der Waals surface area contributed by atoms with E-state index in [9.17, 15) is 23.5 Å². The van der Waals surface area contributed by atoms with Gasteiger partial charge in [0.1, 0.15) is 11.6 Å². The van der Waals surface area contributed by atoms with Crippen LogP contribution in [0.15, 0.2) is 66.7 Å². The molecular formula is C32H39F2N3O3. The van der Waals surface area contributed by atoms with Crippen LogP contribution in [-0.2, 0) is 6.42 Å².